The molecule has 2 aromatic heterocycles. The van der Waals surface area contributed by atoms with Gasteiger partial charge in [-0.1, -0.05) is 12.1 Å². The molecule has 0 saturated heterocycles. The lowest BCUT2D eigenvalue weighted by Gasteiger charge is -2.10. The van der Waals surface area contributed by atoms with E-state index in [1.54, 1.807) is 12.3 Å². The van der Waals surface area contributed by atoms with E-state index in [1.807, 2.05) is 37.3 Å². The molecule has 0 amide bonds. The average molecular weight is 339 g/mol. The van der Waals surface area contributed by atoms with Crippen molar-refractivity contribution in [2.45, 2.75) is 6.92 Å². The van der Waals surface area contributed by atoms with Crippen LogP contribution in [0.25, 0.3) is 10.9 Å². The van der Waals surface area contributed by atoms with Gasteiger partial charge in [-0.2, -0.15) is 5.26 Å². The normalized spacial score (nSPS) is 10.3. The first-order valence-corrected chi connectivity index (χ1v) is 7.16. The van der Waals surface area contributed by atoms with Crippen molar-refractivity contribution in [2.75, 3.05) is 5.32 Å². The lowest BCUT2D eigenvalue weighted by Crippen LogP contribution is -1.99. The van der Waals surface area contributed by atoms with Crippen LogP contribution in [0.4, 0.5) is 11.5 Å². The fourth-order valence-corrected chi connectivity index (χ4v) is 2.45. The summed E-state index contributed by atoms with van der Waals surface area (Å²) in [6, 6.07) is 13.6. The van der Waals surface area contributed by atoms with Gasteiger partial charge < -0.3 is 5.32 Å². The zero-order valence-electron chi connectivity index (χ0n) is 11.3. The molecule has 4 nitrogen and oxygen atoms in total. The van der Waals surface area contributed by atoms with Crippen molar-refractivity contribution in [1.82, 2.24) is 9.97 Å². The third kappa shape index (κ3) is 2.71. The standard InChI is InChI=1S/C16H11BrN4/c1-10-5-6-12(8-18)16(20-10)21-14-4-2-3-11-7-13(17)9-19-15(11)14/h2-7,9H,1H3,(H,20,21). The predicted octanol–water partition coefficient (Wildman–Crippen LogP) is 4.32. The van der Waals surface area contributed by atoms with E-state index >= 15 is 0 Å². The van der Waals surface area contributed by atoms with Crippen LogP contribution < -0.4 is 5.32 Å². The summed E-state index contributed by atoms with van der Waals surface area (Å²) in [7, 11) is 0. The number of para-hydroxylation sites is 1. The van der Waals surface area contributed by atoms with Crippen LogP contribution in [0.1, 0.15) is 11.3 Å². The number of nitrogens with zero attached hydrogens (tertiary/aromatic N) is 3. The third-order valence-corrected chi connectivity index (χ3v) is 3.52. The van der Waals surface area contributed by atoms with Crippen molar-refractivity contribution in [2.24, 2.45) is 0 Å². The van der Waals surface area contributed by atoms with Crippen molar-refractivity contribution in [3.8, 4) is 6.07 Å². The van der Waals surface area contributed by atoms with Gasteiger partial charge in [0.2, 0.25) is 0 Å². The molecule has 0 aliphatic carbocycles. The Bertz CT molecular complexity index is 868. The summed E-state index contributed by atoms with van der Waals surface area (Å²) < 4.78 is 0.929. The van der Waals surface area contributed by atoms with Gasteiger partial charge >= 0.3 is 0 Å². The largest absolute Gasteiger partial charge is 0.337 e. The highest BCUT2D eigenvalue weighted by Crippen LogP contribution is 2.27. The first-order chi connectivity index (χ1) is 10.2. The number of rotatable bonds is 2. The number of aryl methyl sites for hydroxylation is 1. The highest BCUT2D eigenvalue weighted by molar-refractivity contribution is 9.10. The molecule has 0 atom stereocenters. The molecule has 1 aromatic carbocycles. The molecular formula is C16H11BrN4. The number of fused-ring (bicyclic) bond motifs is 1. The van der Waals surface area contributed by atoms with E-state index in [9.17, 15) is 5.26 Å². The van der Waals surface area contributed by atoms with Gasteiger partial charge in [0.05, 0.1) is 16.8 Å². The van der Waals surface area contributed by atoms with Gasteiger partial charge in [-0.05, 0) is 47.1 Å². The molecule has 1 N–H and O–H groups in total. The lowest BCUT2D eigenvalue weighted by atomic mass is 10.2. The fraction of sp³-hybridized carbons (Fsp3) is 0.0625. The van der Waals surface area contributed by atoms with Gasteiger partial charge in [-0.15, -0.1) is 0 Å². The second-order valence-electron chi connectivity index (χ2n) is 4.62. The van der Waals surface area contributed by atoms with Crippen molar-refractivity contribution >= 4 is 38.3 Å². The van der Waals surface area contributed by atoms with Gasteiger partial charge in [0.25, 0.3) is 0 Å². The van der Waals surface area contributed by atoms with E-state index < -0.39 is 0 Å². The van der Waals surface area contributed by atoms with Crippen molar-refractivity contribution in [3.05, 3.63) is 58.3 Å². The van der Waals surface area contributed by atoms with Crippen LogP contribution >= 0.6 is 15.9 Å². The van der Waals surface area contributed by atoms with Crippen molar-refractivity contribution in [3.63, 3.8) is 0 Å². The minimum absolute atomic E-state index is 0.509. The molecule has 5 heteroatoms. The van der Waals surface area contributed by atoms with Crippen LogP contribution in [0.5, 0.6) is 0 Å². The molecule has 0 aliphatic rings. The second kappa shape index (κ2) is 5.51. The molecule has 2 heterocycles. The maximum absolute atomic E-state index is 9.19. The lowest BCUT2D eigenvalue weighted by molar-refractivity contribution is 1.19. The van der Waals surface area contributed by atoms with E-state index in [-0.39, 0.29) is 0 Å². The number of nitriles is 1. The zero-order valence-corrected chi connectivity index (χ0v) is 12.8. The third-order valence-electron chi connectivity index (χ3n) is 3.09. The number of halogens is 1. The first-order valence-electron chi connectivity index (χ1n) is 6.36. The first kappa shape index (κ1) is 13.5. The molecule has 21 heavy (non-hydrogen) atoms. The topological polar surface area (TPSA) is 61.6 Å². The Labute approximate surface area is 130 Å². The van der Waals surface area contributed by atoms with Gasteiger partial charge in [-0.25, -0.2) is 4.98 Å². The molecule has 0 saturated carbocycles. The Kier molecular flexibility index (Phi) is 3.55. The molecule has 0 aliphatic heterocycles. The summed E-state index contributed by atoms with van der Waals surface area (Å²) >= 11 is 3.42. The van der Waals surface area contributed by atoms with Crippen LogP contribution in [0.2, 0.25) is 0 Å². The molecule has 0 radical (unpaired) electrons. The van der Waals surface area contributed by atoms with E-state index in [2.05, 4.69) is 37.3 Å². The number of pyridine rings is 2. The highest BCUT2D eigenvalue weighted by atomic mass is 79.9. The number of benzene rings is 1. The van der Waals surface area contributed by atoms with Gasteiger partial charge in [0.15, 0.2) is 0 Å². The minimum atomic E-state index is 0.509. The Morgan fingerprint density at radius 3 is 2.90 bits per heavy atom. The quantitative estimate of drug-likeness (QED) is 0.755. The molecular weight excluding hydrogens is 328 g/mol. The second-order valence-corrected chi connectivity index (χ2v) is 5.53. The molecule has 3 aromatic rings. The monoisotopic (exact) mass is 338 g/mol. The summed E-state index contributed by atoms with van der Waals surface area (Å²) in [5, 5.41) is 13.4. The van der Waals surface area contributed by atoms with E-state index in [4.69, 9.17) is 0 Å². The smallest absolute Gasteiger partial charge is 0.148 e. The maximum Gasteiger partial charge on any atom is 0.148 e. The Hall–Kier alpha value is -2.45. The molecule has 102 valence electrons. The van der Waals surface area contributed by atoms with E-state index in [0.29, 0.717) is 11.4 Å². The molecule has 0 unspecified atom stereocenters. The highest BCUT2D eigenvalue weighted by Gasteiger charge is 2.08. The van der Waals surface area contributed by atoms with Crippen LogP contribution in [0.15, 0.2) is 47.1 Å². The maximum atomic E-state index is 9.19. The van der Waals surface area contributed by atoms with Gasteiger partial charge in [-0.3, -0.25) is 4.98 Å². The number of aromatic nitrogens is 2. The number of nitrogens with one attached hydrogen (secondary N) is 1. The Balaban J connectivity index is 2.11. The molecule has 0 fully saturated rings. The number of anilines is 2. The fourth-order valence-electron chi connectivity index (χ4n) is 2.10. The Morgan fingerprint density at radius 1 is 1.24 bits per heavy atom. The summed E-state index contributed by atoms with van der Waals surface area (Å²) in [6.07, 6.45) is 1.75. The van der Waals surface area contributed by atoms with Crippen molar-refractivity contribution < 1.29 is 0 Å². The van der Waals surface area contributed by atoms with Crippen molar-refractivity contribution in [1.29, 1.82) is 5.26 Å². The summed E-state index contributed by atoms with van der Waals surface area (Å²) in [6.45, 7) is 1.89. The van der Waals surface area contributed by atoms with Crippen LogP contribution in [0, 0.1) is 18.3 Å². The molecule has 0 bridgehead atoms. The average Bonchev–Trinajstić information content (AvgIpc) is 2.47. The van der Waals surface area contributed by atoms with Crippen LogP contribution in [0.3, 0.4) is 0 Å². The SMILES string of the molecule is Cc1ccc(C#N)c(Nc2cccc3cc(Br)cnc23)n1. The zero-order chi connectivity index (χ0) is 14.8. The number of hydrogen-bond acceptors (Lipinski definition) is 4. The summed E-state index contributed by atoms with van der Waals surface area (Å²) in [5.74, 6) is 0.551. The predicted molar refractivity (Wildman–Crippen MR) is 86.4 cm³/mol. The minimum Gasteiger partial charge on any atom is -0.337 e. The number of hydrogen-bond donors (Lipinski definition) is 1. The van der Waals surface area contributed by atoms with Crippen LogP contribution in [-0.4, -0.2) is 9.97 Å². The van der Waals surface area contributed by atoms with Gasteiger partial charge in [0.1, 0.15) is 11.9 Å². The molecule has 0 spiro atoms. The molecule has 3 rings (SSSR count). The summed E-state index contributed by atoms with van der Waals surface area (Å²) in [5.41, 5.74) is 3.03. The van der Waals surface area contributed by atoms with Gasteiger partial charge in [0, 0.05) is 21.7 Å². The Morgan fingerprint density at radius 2 is 2.10 bits per heavy atom. The van der Waals surface area contributed by atoms with E-state index in [1.165, 1.54) is 0 Å². The van der Waals surface area contributed by atoms with Crippen LogP contribution in [-0.2, 0) is 0 Å². The summed E-state index contributed by atoms with van der Waals surface area (Å²) in [4.78, 5) is 8.83. The van der Waals surface area contributed by atoms with E-state index in [0.717, 1.165) is 26.8 Å².